The first-order valence-electron chi connectivity index (χ1n) is 6.99. The highest BCUT2D eigenvalue weighted by molar-refractivity contribution is 7.92. The minimum Gasteiger partial charge on any atom is -0.495 e. The molecule has 1 heterocycles. The quantitative estimate of drug-likeness (QED) is 0.798. The summed E-state index contributed by atoms with van der Waals surface area (Å²) in [6.45, 7) is 1.83. The van der Waals surface area contributed by atoms with Gasteiger partial charge in [-0.25, -0.2) is 13.4 Å². The number of ether oxygens (including phenoxy) is 1. The number of rotatable bonds is 4. The lowest BCUT2D eigenvalue weighted by molar-refractivity contribution is 0.402. The average molecular weight is 331 g/mol. The summed E-state index contributed by atoms with van der Waals surface area (Å²) in [7, 11) is -0.416. The molecule has 7 heteroatoms. The van der Waals surface area contributed by atoms with E-state index in [1.165, 1.54) is 7.11 Å². The fourth-order valence-electron chi connectivity index (χ4n) is 2.40. The topological polar surface area (TPSA) is 73.2 Å². The monoisotopic (exact) mass is 331 g/mol. The van der Waals surface area contributed by atoms with E-state index in [2.05, 4.69) is 9.71 Å². The molecule has 0 amide bonds. The van der Waals surface area contributed by atoms with Crippen molar-refractivity contribution in [2.75, 3.05) is 11.8 Å². The highest BCUT2D eigenvalue weighted by Crippen LogP contribution is 2.27. The molecule has 1 aromatic heterocycles. The van der Waals surface area contributed by atoms with E-state index in [0.29, 0.717) is 11.4 Å². The molecule has 3 rings (SSSR count). The first kappa shape index (κ1) is 15.4. The van der Waals surface area contributed by atoms with Crippen molar-refractivity contribution in [3.63, 3.8) is 0 Å². The number of benzene rings is 2. The average Bonchev–Trinajstić information content (AvgIpc) is 2.87. The number of anilines is 1. The molecular weight excluding hydrogens is 314 g/mol. The van der Waals surface area contributed by atoms with Crippen LogP contribution >= 0.6 is 0 Å². The Hall–Kier alpha value is -2.54. The smallest absolute Gasteiger partial charge is 0.265 e. The van der Waals surface area contributed by atoms with Crippen molar-refractivity contribution in [3.05, 3.63) is 48.3 Å². The van der Waals surface area contributed by atoms with E-state index in [-0.39, 0.29) is 4.90 Å². The number of fused-ring (bicyclic) bond motifs is 1. The number of methoxy groups -OCH3 is 1. The van der Waals surface area contributed by atoms with Gasteiger partial charge in [-0.15, -0.1) is 0 Å². The first-order chi connectivity index (χ1) is 10.9. The van der Waals surface area contributed by atoms with Crippen LogP contribution in [0.15, 0.2) is 47.6 Å². The summed E-state index contributed by atoms with van der Waals surface area (Å²) < 4.78 is 34.9. The van der Waals surface area contributed by atoms with E-state index in [1.807, 2.05) is 24.6 Å². The Morgan fingerprint density at radius 1 is 1.17 bits per heavy atom. The van der Waals surface area contributed by atoms with Crippen molar-refractivity contribution in [1.29, 1.82) is 0 Å². The number of sulfonamides is 1. The molecule has 0 saturated carbocycles. The van der Waals surface area contributed by atoms with Crippen LogP contribution in [0.1, 0.15) is 5.56 Å². The number of nitrogens with one attached hydrogen (secondary N) is 1. The molecule has 0 aliphatic heterocycles. The van der Waals surface area contributed by atoms with Crippen LogP contribution in [0.25, 0.3) is 11.0 Å². The minimum absolute atomic E-state index is 0.112. The molecule has 0 aliphatic carbocycles. The number of aromatic nitrogens is 2. The number of hydrogen-bond acceptors (Lipinski definition) is 4. The predicted octanol–water partition coefficient (Wildman–Crippen LogP) is 2.69. The van der Waals surface area contributed by atoms with Crippen molar-refractivity contribution in [1.82, 2.24) is 9.55 Å². The highest BCUT2D eigenvalue weighted by atomic mass is 32.2. The number of aryl methyl sites for hydroxylation is 2. The molecule has 1 N–H and O–H groups in total. The molecular formula is C16H17N3O3S. The molecule has 0 spiro atoms. The minimum atomic E-state index is -3.75. The summed E-state index contributed by atoms with van der Waals surface area (Å²) in [6.07, 6.45) is 1.69. The molecule has 120 valence electrons. The normalized spacial score (nSPS) is 11.6. The van der Waals surface area contributed by atoms with Crippen molar-refractivity contribution < 1.29 is 13.2 Å². The van der Waals surface area contributed by atoms with Crippen molar-refractivity contribution >= 4 is 26.7 Å². The van der Waals surface area contributed by atoms with Gasteiger partial charge in [0, 0.05) is 7.05 Å². The van der Waals surface area contributed by atoms with E-state index < -0.39 is 10.0 Å². The van der Waals surface area contributed by atoms with E-state index in [4.69, 9.17) is 4.74 Å². The summed E-state index contributed by atoms with van der Waals surface area (Å²) >= 11 is 0. The summed E-state index contributed by atoms with van der Waals surface area (Å²) in [6, 6.07) is 10.3. The van der Waals surface area contributed by atoms with Gasteiger partial charge in [0.2, 0.25) is 0 Å². The second-order valence-corrected chi connectivity index (χ2v) is 6.97. The van der Waals surface area contributed by atoms with E-state index in [0.717, 1.165) is 16.6 Å². The summed E-state index contributed by atoms with van der Waals surface area (Å²) in [5.41, 5.74) is 2.95. The van der Waals surface area contributed by atoms with Gasteiger partial charge in [-0.3, -0.25) is 4.72 Å². The lowest BCUT2D eigenvalue weighted by Gasteiger charge is -2.12. The van der Waals surface area contributed by atoms with Crippen molar-refractivity contribution in [3.8, 4) is 5.75 Å². The van der Waals surface area contributed by atoms with Crippen molar-refractivity contribution in [2.45, 2.75) is 11.8 Å². The lowest BCUT2D eigenvalue weighted by Crippen LogP contribution is -2.14. The molecule has 0 aliphatic rings. The van der Waals surface area contributed by atoms with Crippen LogP contribution in [-0.2, 0) is 17.1 Å². The number of imidazole rings is 1. The molecule has 0 saturated heterocycles. The maximum atomic E-state index is 12.7. The van der Waals surface area contributed by atoms with Crippen LogP contribution in [-0.4, -0.2) is 25.1 Å². The van der Waals surface area contributed by atoms with Gasteiger partial charge in [-0.1, -0.05) is 6.07 Å². The van der Waals surface area contributed by atoms with Gasteiger partial charge in [0.25, 0.3) is 10.0 Å². The molecule has 0 fully saturated rings. The Morgan fingerprint density at radius 2 is 1.96 bits per heavy atom. The lowest BCUT2D eigenvalue weighted by atomic mass is 10.2. The second kappa shape index (κ2) is 5.58. The molecule has 0 unspecified atom stereocenters. The second-order valence-electron chi connectivity index (χ2n) is 5.32. The maximum absolute atomic E-state index is 12.7. The molecule has 2 aromatic carbocycles. The third-order valence-corrected chi connectivity index (χ3v) is 4.99. The highest BCUT2D eigenvalue weighted by Gasteiger charge is 2.20. The molecule has 0 atom stereocenters. The zero-order chi connectivity index (χ0) is 16.6. The maximum Gasteiger partial charge on any atom is 0.265 e. The number of nitrogens with zero attached hydrogens (tertiary/aromatic N) is 2. The molecule has 0 bridgehead atoms. The van der Waals surface area contributed by atoms with Crippen molar-refractivity contribution in [2.24, 2.45) is 7.05 Å². The SMILES string of the molecule is COc1ccc(C)cc1S(=O)(=O)Nc1ccc2c(c1)ncn2C. The fraction of sp³-hybridized carbons (Fsp3) is 0.188. The van der Waals surface area contributed by atoms with Crippen LogP contribution in [0.2, 0.25) is 0 Å². The third kappa shape index (κ3) is 2.87. The van der Waals surface area contributed by atoms with Crippen LogP contribution < -0.4 is 9.46 Å². The summed E-state index contributed by atoms with van der Waals surface area (Å²) in [4.78, 5) is 4.35. The van der Waals surface area contributed by atoms with Gasteiger partial charge < -0.3 is 9.30 Å². The van der Waals surface area contributed by atoms with Gasteiger partial charge >= 0.3 is 0 Å². The molecule has 3 aromatic rings. The third-order valence-electron chi connectivity index (χ3n) is 3.59. The largest absolute Gasteiger partial charge is 0.495 e. The van der Waals surface area contributed by atoms with Gasteiger partial charge in [0.1, 0.15) is 10.6 Å². The predicted molar refractivity (Wildman–Crippen MR) is 89.3 cm³/mol. The summed E-state index contributed by atoms with van der Waals surface area (Å²) in [5, 5.41) is 0. The number of hydrogen-bond donors (Lipinski definition) is 1. The standard InChI is InChI=1S/C16H17N3O3S/c1-11-4-7-15(22-3)16(8-11)23(20,21)18-12-5-6-14-13(9-12)17-10-19(14)2/h4-10,18H,1-3H3. The van der Waals surface area contributed by atoms with Gasteiger partial charge in [0.05, 0.1) is 30.2 Å². The Labute approximate surface area is 134 Å². The van der Waals surface area contributed by atoms with Crippen LogP contribution in [0, 0.1) is 6.92 Å². The van der Waals surface area contributed by atoms with Gasteiger partial charge in [0.15, 0.2) is 0 Å². The zero-order valence-corrected chi connectivity index (χ0v) is 13.9. The molecule has 23 heavy (non-hydrogen) atoms. The van der Waals surface area contributed by atoms with Crippen LogP contribution in [0.5, 0.6) is 5.75 Å². The van der Waals surface area contributed by atoms with Crippen LogP contribution in [0.3, 0.4) is 0 Å². The molecule has 0 radical (unpaired) electrons. The molecule has 6 nitrogen and oxygen atoms in total. The van der Waals surface area contributed by atoms with E-state index in [9.17, 15) is 8.42 Å². The zero-order valence-electron chi connectivity index (χ0n) is 13.1. The Bertz CT molecular complexity index is 977. The Morgan fingerprint density at radius 3 is 2.70 bits per heavy atom. The van der Waals surface area contributed by atoms with Crippen LogP contribution in [0.4, 0.5) is 5.69 Å². The summed E-state index contributed by atoms with van der Waals surface area (Å²) in [5.74, 6) is 0.307. The Balaban J connectivity index is 2.01. The van der Waals surface area contributed by atoms with Gasteiger partial charge in [-0.05, 0) is 42.8 Å². The van der Waals surface area contributed by atoms with E-state index in [1.54, 1.807) is 36.7 Å². The Kier molecular flexibility index (Phi) is 3.73. The fourth-order valence-corrected chi connectivity index (χ4v) is 3.71. The van der Waals surface area contributed by atoms with E-state index >= 15 is 0 Å². The first-order valence-corrected chi connectivity index (χ1v) is 8.47. The van der Waals surface area contributed by atoms with Gasteiger partial charge in [-0.2, -0.15) is 0 Å².